The number of unbranched alkanes of at least 4 members (excludes halogenated alkanes) is 10. The van der Waals surface area contributed by atoms with Gasteiger partial charge in [-0.1, -0.05) is 78.1 Å². The number of nitrogens with zero attached hydrogens (tertiary/aromatic N) is 4. The Labute approximate surface area is 338 Å². The van der Waals surface area contributed by atoms with E-state index in [9.17, 15) is 19.7 Å². The Morgan fingerprint density at radius 3 is 1.84 bits per heavy atom. The highest BCUT2D eigenvalue weighted by Crippen LogP contribution is 2.40. The molecule has 1 aliphatic carbocycles. The Kier molecular flexibility index (Phi) is 21.6. The minimum Gasteiger partial charge on any atom is -0.488 e. The van der Waals surface area contributed by atoms with Crippen LogP contribution in [0.3, 0.4) is 0 Å². The molecule has 0 radical (unpaired) electrons. The molecule has 0 bridgehead atoms. The van der Waals surface area contributed by atoms with E-state index in [1.54, 1.807) is 24.3 Å². The smallest absolute Gasteiger partial charge is 0.302 e. The fourth-order valence-corrected chi connectivity index (χ4v) is 6.35. The molecule has 2 N–H and O–H groups in total. The van der Waals surface area contributed by atoms with Crippen molar-refractivity contribution >= 4 is 34.7 Å². The summed E-state index contributed by atoms with van der Waals surface area (Å²) in [6.45, 7) is 11.6. The normalized spacial score (nSPS) is 12.6. The highest BCUT2D eigenvalue weighted by molar-refractivity contribution is 5.70. The Hall–Kier alpha value is -5.14. The van der Waals surface area contributed by atoms with Crippen molar-refractivity contribution in [3.8, 4) is 11.5 Å². The number of nitro groups is 1. The summed E-state index contributed by atoms with van der Waals surface area (Å²) in [5, 5.41) is 20.5. The van der Waals surface area contributed by atoms with Crippen LogP contribution in [-0.4, -0.2) is 61.3 Å². The molecule has 0 unspecified atom stereocenters. The van der Waals surface area contributed by atoms with Crippen LogP contribution >= 0.6 is 0 Å². The number of benzene rings is 2. The molecule has 0 aromatic heterocycles. The summed E-state index contributed by atoms with van der Waals surface area (Å²) in [6, 6.07) is 9.24. The minimum atomic E-state index is -0.470. The van der Waals surface area contributed by atoms with E-state index >= 15 is 0 Å². The van der Waals surface area contributed by atoms with Gasteiger partial charge in [-0.2, -0.15) is 5.11 Å². The second-order valence-corrected chi connectivity index (χ2v) is 14.2. The first kappa shape index (κ1) is 46.2. The third-order valence-corrected chi connectivity index (χ3v) is 9.48. The SMILES string of the molecule is CCCCCCCCN(CCCCCCCC)C1=CC(C)=C(/N=N/c2cc(OCCOC(C)=O)c(NNc3ccc([N+](=O)[O-])cc3)cc2OCCOC(C)=O)CC1. The molecule has 0 amide bonds. The molecule has 314 valence electrons. The molecule has 14 nitrogen and oxygen atoms in total. The zero-order valence-electron chi connectivity index (χ0n) is 34.7. The summed E-state index contributed by atoms with van der Waals surface area (Å²) in [5.41, 5.74) is 10.7. The van der Waals surface area contributed by atoms with Crippen LogP contribution in [0.5, 0.6) is 11.5 Å². The van der Waals surface area contributed by atoms with Gasteiger partial charge in [-0.05, 0) is 56.4 Å². The summed E-state index contributed by atoms with van der Waals surface area (Å²) in [4.78, 5) is 36.1. The van der Waals surface area contributed by atoms with Gasteiger partial charge in [0.1, 0.15) is 43.6 Å². The van der Waals surface area contributed by atoms with Crippen LogP contribution in [0, 0.1) is 10.1 Å². The lowest BCUT2D eigenvalue weighted by Gasteiger charge is -2.30. The third kappa shape index (κ3) is 18.1. The van der Waals surface area contributed by atoms with Gasteiger partial charge < -0.3 is 29.3 Å². The molecule has 0 heterocycles. The molecule has 3 rings (SSSR count). The Balaban J connectivity index is 1.88. The molecule has 0 fully saturated rings. The number of hydrogen-bond acceptors (Lipinski definition) is 13. The van der Waals surface area contributed by atoms with Gasteiger partial charge >= 0.3 is 11.9 Å². The highest BCUT2D eigenvalue weighted by Gasteiger charge is 2.18. The molecule has 2 aromatic rings. The standard InChI is InChI=1S/C43H64N6O8/c1-6-8-10-12-14-16-24-48(25-17-15-13-11-9-7-2)38-22-23-39(33(3)30-38)45-47-41-32-42(56-28-26-54-34(4)50)40(31-43(41)57-29-27-55-35(5)51)46-44-36-18-20-37(21-19-36)49(52)53/h18-21,30-32,44,46H,6-17,22-29H2,1-5H3/b47-45+. The molecular weight excluding hydrogens is 729 g/mol. The minimum absolute atomic E-state index is 0.0253. The molecule has 2 aromatic carbocycles. The number of ether oxygens (including phenoxy) is 4. The topological polar surface area (TPSA) is 166 Å². The number of esters is 2. The number of rotatable bonds is 29. The monoisotopic (exact) mass is 792 g/mol. The lowest BCUT2D eigenvalue weighted by atomic mass is 10.0. The molecular formula is C43H64N6O8. The van der Waals surface area contributed by atoms with Crippen molar-refractivity contribution < 1.29 is 33.5 Å². The molecule has 57 heavy (non-hydrogen) atoms. The fourth-order valence-electron chi connectivity index (χ4n) is 6.35. The molecule has 0 saturated heterocycles. The fraction of sp³-hybridized carbons (Fsp3) is 0.581. The van der Waals surface area contributed by atoms with Gasteiger partial charge in [0.05, 0.1) is 22.0 Å². The van der Waals surface area contributed by atoms with E-state index in [0.717, 1.165) is 37.2 Å². The van der Waals surface area contributed by atoms with Gasteiger partial charge in [0.25, 0.3) is 5.69 Å². The van der Waals surface area contributed by atoms with Crippen LogP contribution < -0.4 is 20.3 Å². The van der Waals surface area contributed by atoms with E-state index in [1.165, 1.54) is 109 Å². The summed E-state index contributed by atoms with van der Waals surface area (Å²) in [7, 11) is 0. The zero-order chi connectivity index (χ0) is 41.3. The van der Waals surface area contributed by atoms with Crippen molar-refractivity contribution in [1.29, 1.82) is 0 Å². The van der Waals surface area contributed by atoms with Gasteiger partial charge in [0.15, 0.2) is 0 Å². The number of nitrogens with one attached hydrogen (secondary N) is 2. The Bertz CT molecular complexity index is 1630. The van der Waals surface area contributed by atoms with E-state index in [4.69, 9.17) is 24.1 Å². The lowest BCUT2D eigenvalue weighted by molar-refractivity contribution is -0.384. The van der Waals surface area contributed by atoms with Crippen LogP contribution in [0.4, 0.5) is 22.7 Å². The van der Waals surface area contributed by atoms with E-state index in [2.05, 4.69) is 47.7 Å². The first-order chi connectivity index (χ1) is 27.6. The number of anilines is 2. The van der Waals surface area contributed by atoms with Crippen LogP contribution in [0.15, 0.2) is 69.7 Å². The molecule has 0 atom stereocenters. The second-order valence-electron chi connectivity index (χ2n) is 14.2. The lowest BCUT2D eigenvalue weighted by Crippen LogP contribution is -2.27. The first-order valence-electron chi connectivity index (χ1n) is 20.6. The quantitative estimate of drug-likeness (QED) is 0.0264. The molecule has 14 heteroatoms. The van der Waals surface area contributed by atoms with E-state index in [1.807, 2.05) is 0 Å². The average molecular weight is 793 g/mol. The van der Waals surface area contributed by atoms with Crippen molar-refractivity contribution in [3.63, 3.8) is 0 Å². The van der Waals surface area contributed by atoms with E-state index in [-0.39, 0.29) is 32.1 Å². The van der Waals surface area contributed by atoms with Crippen LogP contribution in [-0.2, 0) is 19.1 Å². The second kappa shape index (κ2) is 26.7. The summed E-state index contributed by atoms with van der Waals surface area (Å²) >= 11 is 0. The zero-order valence-corrected chi connectivity index (χ0v) is 34.7. The maximum atomic E-state index is 11.4. The number of hydrogen-bond donors (Lipinski definition) is 2. The summed E-state index contributed by atoms with van der Waals surface area (Å²) < 4.78 is 22.2. The third-order valence-electron chi connectivity index (χ3n) is 9.48. The van der Waals surface area contributed by atoms with Gasteiger partial charge in [-0.25, -0.2) is 0 Å². The number of carbonyl (C=O) groups is 2. The number of carbonyl (C=O) groups excluding carboxylic acids is 2. The number of azo groups is 1. The van der Waals surface area contributed by atoms with Crippen molar-refractivity contribution in [2.24, 2.45) is 10.2 Å². The highest BCUT2D eigenvalue weighted by atomic mass is 16.6. The number of hydrazine groups is 1. The largest absolute Gasteiger partial charge is 0.488 e. The van der Waals surface area contributed by atoms with Gasteiger partial charge in [-0.15, -0.1) is 5.11 Å². The van der Waals surface area contributed by atoms with Gasteiger partial charge in [0, 0.05) is 56.9 Å². The van der Waals surface area contributed by atoms with Gasteiger partial charge in [-0.3, -0.25) is 25.1 Å². The number of nitro benzene ring substituents is 1. The first-order valence-corrected chi connectivity index (χ1v) is 20.6. The molecule has 0 aliphatic heterocycles. The maximum Gasteiger partial charge on any atom is 0.302 e. The number of non-ortho nitro benzene ring substituents is 1. The predicted molar refractivity (Wildman–Crippen MR) is 224 cm³/mol. The molecule has 0 saturated carbocycles. The van der Waals surface area contributed by atoms with E-state index < -0.39 is 16.9 Å². The average Bonchev–Trinajstić information content (AvgIpc) is 3.19. The van der Waals surface area contributed by atoms with Crippen LogP contribution in [0.1, 0.15) is 125 Å². The predicted octanol–water partition coefficient (Wildman–Crippen LogP) is 11.0. The van der Waals surface area contributed by atoms with Crippen molar-refractivity contribution in [2.45, 2.75) is 125 Å². The van der Waals surface area contributed by atoms with Gasteiger partial charge in [0.2, 0.25) is 0 Å². The molecule has 1 aliphatic rings. The Morgan fingerprint density at radius 1 is 0.737 bits per heavy atom. The Morgan fingerprint density at radius 2 is 1.30 bits per heavy atom. The van der Waals surface area contributed by atoms with Crippen molar-refractivity contribution in [3.05, 3.63) is 69.6 Å². The number of allylic oxidation sites excluding steroid dienone is 4. The summed E-state index contributed by atoms with van der Waals surface area (Å²) in [6.07, 6.45) is 19.2. The van der Waals surface area contributed by atoms with Crippen LogP contribution in [0.25, 0.3) is 0 Å². The molecule has 0 spiro atoms. The van der Waals surface area contributed by atoms with E-state index in [0.29, 0.717) is 28.6 Å². The van der Waals surface area contributed by atoms with Crippen molar-refractivity contribution in [1.82, 2.24) is 4.90 Å². The summed E-state index contributed by atoms with van der Waals surface area (Å²) in [5.74, 6) is -0.145. The maximum absolute atomic E-state index is 11.4. The van der Waals surface area contributed by atoms with Crippen LogP contribution in [0.2, 0.25) is 0 Å². The van der Waals surface area contributed by atoms with Crippen molar-refractivity contribution in [2.75, 3.05) is 50.4 Å².